The summed E-state index contributed by atoms with van der Waals surface area (Å²) in [6.45, 7) is 2.78. The van der Waals surface area contributed by atoms with E-state index in [2.05, 4.69) is 0 Å². The van der Waals surface area contributed by atoms with Crippen LogP contribution in [0.25, 0.3) is 0 Å². The molecule has 1 saturated heterocycles. The van der Waals surface area contributed by atoms with Crippen LogP contribution in [-0.4, -0.2) is 48.7 Å². The van der Waals surface area contributed by atoms with Crippen LogP contribution in [-0.2, 0) is 27.7 Å². The number of hydrogen-bond donors (Lipinski definition) is 1. The maximum atomic E-state index is 12.7. The van der Waals surface area contributed by atoms with Crippen molar-refractivity contribution < 1.29 is 23.1 Å². The highest BCUT2D eigenvalue weighted by atomic mass is 32.2. The highest BCUT2D eigenvalue weighted by Crippen LogP contribution is 2.28. The number of ether oxygens (including phenoxy) is 1. The quantitative estimate of drug-likeness (QED) is 0.871. The minimum Gasteiger partial charge on any atom is -0.493 e. The maximum absolute atomic E-state index is 12.7. The number of hydrogen-bond acceptors (Lipinski definition) is 4. The van der Waals surface area contributed by atoms with Gasteiger partial charge in [0.15, 0.2) is 0 Å². The number of carboxylic acid groups (broad SMARTS) is 1. The van der Waals surface area contributed by atoms with Crippen molar-refractivity contribution in [1.29, 1.82) is 0 Å². The first kappa shape index (κ1) is 17.2. The molecule has 24 heavy (non-hydrogen) atoms. The number of rotatable bonds is 5. The third-order valence-electron chi connectivity index (χ3n) is 5.01. The second kappa shape index (κ2) is 6.72. The predicted octanol–water partition coefficient (Wildman–Crippen LogP) is 1.68. The largest absolute Gasteiger partial charge is 0.493 e. The molecule has 132 valence electrons. The highest BCUT2D eigenvalue weighted by Gasteiger charge is 2.38. The van der Waals surface area contributed by atoms with Crippen molar-refractivity contribution in [2.45, 2.75) is 38.6 Å². The van der Waals surface area contributed by atoms with Gasteiger partial charge in [-0.3, -0.25) is 4.79 Å². The van der Waals surface area contributed by atoms with E-state index in [1.54, 1.807) is 6.92 Å². The standard InChI is InChI=1S/C17H23NO5S/c1-12-15(17(19)20)3-2-8-18(12)24(21,22)10-7-13-4-5-16-14(11-13)6-9-23-16/h4-5,11-12,15H,2-3,6-10H2,1H3,(H,19,20)/t12-,15-/m1/s1. The zero-order valence-electron chi connectivity index (χ0n) is 13.8. The van der Waals surface area contributed by atoms with Crippen LogP contribution in [0.5, 0.6) is 5.75 Å². The molecule has 0 aromatic heterocycles. The number of fused-ring (bicyclic) bond motifs is 1. The van der Waals surface area contributed by atoms with E-state index in [0.29, 0.717) is 32.4 Å². The molecule has 0 bridgehead atoms. The Morgan fingerprint density at radius 1 is 1.42 bits per heavy atom. The van der Waals surface area contributed by atoms with Crippen molar-refractivity contribution in [1.82, 2.24) is 4.31 Å². The summed E-state index contributed by atoms with van der Waals surface area (Å²) in [6.07, 6.45) is 2.42. The van der Waals surface area contributed by atoms with E-state index < -0.39 is 28.0 Å². The van der Waals surface area contributed by atoms with Gasteiger partial charge in [0.25, 0.3) is 0 Å². The van der Waals surface area contributed by atoms with E-state index >= 15 is 0 Å². The average molecular weight is 353 g/mol. The predicted molar refractivity (Wildman–Crippen MR) is 89.7 cm³/mol. The summed E-state index contributed by atoms with van der Waals surface area (Å²) in [6, 6.07) is 5.32. The molecule has 2 aliphatic heterocycles. The normalized spacial score (nSPS) is 24.4. The van der Waals surface area contributed by atoms with Crippen molar-refractivity contribution in [3.63, 3.8) is 0 Å². The van der Waals surface area contributed by atoms with Crippen LogP contribution >= 0.6 is 0 Å². The SMILES string of the molecule is C[C@@H]1[C@H](C(=O)O)CCCN1S(=O)(=O)CCc1ccc2c(c1)CCO2. The Kier molecular flexibility index (Phi) is 4.83. The van der Waals surface area contributed by atoms with Crippen LogP contribution < -0.4 is 4.74 Å². The fraction of sp³-hybridized carbons (Fsp3) is 0.588. The number of carbonyl (C=O) groups is 1. The van der Waals surface area contributed by atoms with Crippen LogP contribution in [0, 0.1) is 5.92 Å². The highest BCUT2D eigenvalue weighted by molar-refractivity contribution is 7.89. The van der Waals surface area contributed by atoms with E-state index in [-0.39, 0.29) is 5.75 Å². The summed E-state index contributed by atoms with van der Waals surface area (Å²) in [5, 5.41) is 9.26. The Labute approximate surface area is 142 Å². The lowest BCUT2D eigenvalue weighted by Crippen LogP contribution is -2.49. The van der Waals surface area contributed by atoms with Gasteiger partial charge < -0.3 is 9.84 Å². The van der Waals surface area contributed by atoms with Crippen molar-refractivity contribution in [3.05, 3.63) is 29.3 Å². The van der Waals surface area contributed by atoms with Gasteiger partial charge in [-0.15, -0.1) is 0 Å². The molecule has 0 unspecified atom stereocenters. The summed E-state index contributed by atoms with van der Waals surface area (Å²) in [5.41, 5.74) is 2.10. The number of piperidine rings is 1. The second-order valence-electron chi connectivity index (χ2n) is 6.54. The summed E-state index contributed by atoms with van der Waals surface area (Å²) in [4.78, 5) is 11.3. The zero-order valence-corrected chi connectivity index (χ0v) is 14.6. The maximum Gasteiger partial charge on any atom is 0.308 e. The van der Waals surface area contributed by atoms with Crippen molar-refractivity contribution in [3.8, 4) is 5.75 Å². The molecule has 1 aromatic rings. The van der Waals surface area contributed by atoms with Crippen LogP contribution in [0.3, 0.4) is 0 Å². The Morgan fingerprint density at radius 2 is 2.21 bits per heavy atom. The number of aryl methyl sites for hydroxylation is 1. The van der Waals surface area contributed by atoms with Crippen molar-refractivity contribution >= 4 is 16.0 Å². The van der Waals surface area contributed by atoms with Gasteiger partial charge in [0.05, 0.1) is 18.3 Å². The third-order valence-corrected chi connectivity index (χ3v) is 6.96. The number of carboxylic acids is 1. The van der Waals surface area contributed by atoms with E-state index in [1.165, 1.54) is 4.31 Å². The molecule has 7 heteroatoms. The topological polar surface area (TPSA) is 83.9 Å². The molecule has 2 atom stereocenters. The number of aliphatic carboxylic acids is 1. The molecule has 2 aliphatic rings. The number of benzene rings is 1. The van der Waals surface area contributed by atoms with E-state index in [9.17, 15) is 18.3 Å². The molecule has 1 aromatic carbocycles. The molecule has 2 heterocycles. The molecule has 0 amide bonds. The minimum atomic E-state index is -3.47. The third kappa shape index (κ3) is 3.42. The fourth-order valence-corrected chi connectivity index (χ4v) is 5.38. The first-order chi connectivity index (χ1) is 11.4. The molecule has 1 fully saturated rings. The molecular weight excluding hydrogens is 330 g/mol. The summed E-state index contributed by atoms with van der Waals surface area (Å²) in [5.74, 6) is -0.647. The molecule has 0 spiro atoms. The van der Waals surface area contributed by atoms with Gasteiger partial charge in [-0.05, 0) is 43.4 Å². The van der Waals surface area contributed by atoms with Crippen LogP contribution in [0.1, 0.15) is 30.9 Å². The average Bonchev–Trinajstić information content (AvgIpc) is 3.00. The van der Waals surface area contributed by atoms with E-state index in [1.807, 2.05) is 18.2 Å². The van der Waals surface area contributed by atoms with Gasteiger partial charge in [-0.1, -0.05) is 12.1 Å². The van der Waals surface area contributed by atoms with Crippen LogP contribution in [0.2, 0.25) is 0 Å². The zero-order chi connectivity index (χ0) is 17.3. The van der Waals surface area contributed by atoms with Gasteiger partial charge >= 0.3 is 5.97 Å². The Bertz CT molecular complexity index is 730. The van der Waals surface area contributed by atoms with E-state index in [4.69, 9.17) is 4.74 Å². The Balaban J connectivity index is 1.68. The van der Waals surface area contributed by atoms with E-state index in [0.717, 1.165) is 23.3 Å². The molecule has 0 saturated carbocycles. The Morgan fingerprint density at radius 3 is 2.96 bits per heavy atom. The van der Waals surface area contributed by atoms with Crippen LogP contribution in [0.4, 0.5) is 0 Å². The second-order valence-corrected chi connectivity index (χ2v) is 8.59. The lowest BCUT2D eigenvalue weighted by Gasteiger charge is -2.36. The van der Waals surface area contributed by atoms with Gasteiger partial charge in [0.2, 0.25) is 10.0 Å². The van der Waals surface area contributed by atoms with Crippen molar-refractivity contribution in [2.75, 3.05) is 18.9 Å². The monoisotopic (exact) mass is 353 g/mol. The summed E-state index contributed by atoms with van der Waals surface area (Å²) < 4.78 is 32.2. The van der Waals surface area contributed by atoms with Gasteiger partial charge in [0.1, 0.15) is 5.75 Å². The fourth-order valence-electron chi connectivity index (χ4n) is 3.59. The molecular formula is C17H23NO5S. The lowest BCUT2D eigenvalue weighted by atomic mass is 9.92. The number of nitrogens with zero attached hydrogens (tertiary/aromatic N) is 1. The molecule has 1 N–H and O–H groups in total. The van der Waals surface area contributed by atoms with Crippen LogP contribution in [0.15, 0.2) is 18.2 Å². The Hall–Kier alpha value is -1.60. The smallest absolute Gasteiger partial charge is 0.308 e. The summed E-state index contributed by atoms with van der Waals surface area (Å²) >= 11 is 0. The van der Waals surface area contributed by atoms with Gasteiger partial charge in [-0.25, -0.2) is 8.42 Å². The number of sulfonamides is 1. The summed E-state index contributed by atoms with van der Waals surface area (Å²) in [7, 11) is -3.47. The molecule has 3 rings (SSSR count). The molecule has 0 aliphatic carbocycles. The first-order valence-electron chi connectivity index (χ1n) is 8.35. The van der Waals surface area contributed by atoms with Gasteiger partial charge in [0, 0.05) is 19.0 Å². The first-order valence-corrected chi connectivity index (χ1v) is 9.96. The van der Waals surface area contributed by atoms with Crippen molar-refractivity contribution in [2.24, 2.45) is 5.92 Å². The molecule has 0 radical (unpaired) electrons. The lowest BCUT2D eigenvalue weighted by molar-refractivity contribution is -0.144. The minimum absolute atomic E-state index is 0.00330. The van der Waals surface area contributed by atoms with Gasteiger partial charge in [-0.2, -0.15) is 4.31 Å². The molecule has 6 nitrogen and oxygen atoms in total.